The number of hydrogen-bond acceptors (Lipinski definition) is 3. The predicted octanol–water partition coefficient (Wildman–Crippen LogP) is 6.07. The third-order valence-electron chi connectivity index (χ3n) is 4.66. The van der Waals surface area contributed by atoms with Crippen LogP contribution in [0.3, 0.4) is 0 Å². The maximum atomic E-state index is 6.08. The first-order chi connectivity index (χ1) is 12.1. The molecule has 0 fully saturated rings. The maximum Gasteiger partial charge on any atom is 0.135 e. The van der Waals surface area contributed by atoms with E-state index in [1.54, 1.807) is 7.11 Å². The van der Waals surface area contributed by atoms with Crippen molar-refractivity contribution in [2.24, 2.45) is 0 Å². The van der Waals surface area contributed by atoms with Gasteiger partial charge >= 0.3 is 0 Å². The number of halogens is 1. The zero-order valence-electron chi connectivity index (χ0n) is 16.0. The average Bonchev–Trinajstić information content (AvgIpc) is 2.94. The standard InChI is InChI=1S/C22H27NO2.ClH/c1-5-6-12-23(3)15-18-13-21-19(14-20(18)24-4)22(16(2)25-21)17-10-8-7-9-11-17;/h7-11,13-14H,5-6,12,15H2,1-4H3;1H. The van der Waals surface area contributed by atoms with Gasteiger partial charge in [0.05, 0.1) is 7.11 Å². The fraction of sp³-hybridized carbons (Fsp3) is 0.364. The quantitative estimate of drug-likeness (QED) is 0.502. The van der Waals surface area contributed by atoms with Crippen LogP contribution in [0.25, 0.3) is 22.1 Å². The normalized spacial score (nSPS) is 11.0. The molecule has 26 heavy (non-hydrogen) atoms. The van der Waals surface area contributed by atoms with Crippen molar-refractivity contribution in [1.29, 1.82) is 0 Å². The number of hydrogen-bond donors (Lipinski definition) is 0. The summed E-state index contributed by atoms with van der Waals surface area (Å²) < 4.78 is 11.8. The van der Waals surface area contributed by atoms with Crippen molar-refractivity contribution >= 4 is 23.4 Å². The lowest BCUT2D eigenvalue weighted by molar-refractivity contribution is 0.312. The van der Waals surface area contributed by atoms with E-state index in [0.29, 0.717) is 0 Å². The Balaban J connectivity index is 0.00000243. The van der Waals surface area contributed by atoms with Crippen molar-refractivity contribution < 1.29 is 9.15 Å². The minimum Gasteiger partial charge on any atom is -0.496 e. The first-order valence-electron chi connectivity index (χ1n) is 8.98. The molecule has 0 saturated carbocycles. The molecule has 140 valence electrons. The summed E-state index contributed by atoms with van der Waals surface area (Å²) in [5.74, 6) is 1.87. The highest BCUT2D eigenvalue weighted by Gasteiger charge is 2.17. The fourth-order valence-corrected chi connectivity index (χ4v) is 3.36. The summed E-state index contributed by atoms with van der Waals surface area (Å²) in [5.41, 5.74) is 4.42. The smallest absolute Gasteiger partial charge is 0.135 e. The number of benzene rings is 2. The van der Waals surface area contributed by atoms with Crippen molar-refractivity contribution in [3.05, 3.63) is 53.8 Å². The molecule has 0 aliphatic carbocycles. The van der Waals surface area contributed by atoms with Crippen LogP contribution < -0.4 is 4.74 Å². The van der Waals surface area contributed by atoms with Gasteiger partial charge in [0.25, 0.3) is 0 Å². The van der Waals surface area contributed by atoms with Gasteiger partial charge in [0.15, 0.2) is 0 Å². The van der Waals surface area contributed by atoms with Gasteiger partial charge in [-0.05, 0) is 44.6 Å². The molecule has 0 atom stereocenters. The number of methoxy groups -OCH3 is 1. The van der Waals surface area contributed by atoms with Crippen LogP contribution in [0, 0.1) is 6.92 Å². The highest BCUT2D eigenvalue weighted by molar-refractivity contribution is 5.97. The summed E-state index contributed by atoms with van der Waals surface area (Å²) in [4.78, 5) is 2.33. The summed E-state index contributed by atoms with van der Waals surface area (Å²) in [6.07, 6.45) is 2.41. The number of furan rings is 1. The van der Waals surface area contributed by atoms with Crippen molar-refractivity contribution in [3.8, 4) is 16.9 Å². The van der Waals surface area contributed by atoms with Crippen LogP contribution >= 0.6 is 12.4 Å². The number of unbranched alkanes of at least 4 members (excludes halogenated alkanes) is 1. The molecule has 0 bridgehead atoms. The predicted molar refractivity (Wildman–Crippen MR) is 111 cm³/mol. The van der Waals surface area contributed by atoms with Crippen LogP contribution in [0.5, 0.6) is 5.75 Å². The van der Waals surface area contributed by atoms with Gasteiger partial charge in [-0.1, -0.05) is 43.7 Å². The van der Waals surface area contributed by atoms with E-state index < -0.39 is 0 Å². The summed E-state index contributed by atoms with van der Waals surface area (Å²) in [6, 6.07) is 14.6. The first-order valence-corrected chi connectivity index (χ1v) is 8.98. The van der Waals surface area contributed by atoms with E-state index in [1.165, 1.54) is 24.0 Å². The minimum absolute atomic E-state index is 0. The summed E-state index contributed by atoms with van der Waals surface area (Å²) in [6.45, 7) is 6.20. The van der Waals surface area contributed by atoms with E-state index in [1.807, 2.05) is 13.0 Å². The third kappa shape index (κ3) is 4.22. The summed E-state index contributed by atoms with van der Waals surface area (Å²) >= 11 is 0. The van der Waals surface area contributed by atoms with Crippen LogP contribution in [0.1, 0.15) is 31.1 Å². The largest absolute Gasteiger partial charge is 0.496 e. The Morgan fingerprint density at radius 1 is 1.12 bits per heavy atom. The van der Waals surface area contributed by atoms with E-state index in [9.17, 15) is 0 Å². The topological polar surface area (TPSA) is 25.6 Å². The van der Waals surface area contributed by atoms with Crippen molar-refractivity contribution in [2.75, 3.05) is 20.7 Å². The van der Waals surface area contributed by atoms with Crippen molar-refractivity contribution in [3.63, 3.8) is 0 Å². The highest BCUT2D eigenvalue weighted by Crippen LogP contribution is 2.38. The molecule has 3 rings (SSSR count). The molecule has 3 aromatic rings. The summed E-state index contributed by atoms with van der Waals surface area (Å²) in [5, 5.41) is 1.11. The number of rotatable bonds is 7. The van der Waals surface area contributed by atoms with Gasteiger partial charge < -0.3 is 14.1 Å². The van der Waals surface area contributed by atoms with Gasteiger partial charge in [0.1, 0.15) is 17.1 Å². The molecule has 0 aliphatic heterocycles. The molecule has 4 heteroatoms. The van der Waals surface area contributed by atoms with Gasteiger partial charge in [-0.3, -0.25) is 0 Å². The molecule has 0 N–H and O–H groups in total. The molecule has 2 aromatic carbocycles. The second-order valence-corrected chi connectivity index (χ2v) is 6.65. The molecule has 3 nitrogen and oxygen atoms in total. The van der Waals surface area contributed by atoms with Crippen LogP contribution in [0.4, 0.5) is 0 Å². The number of fused-ring (bicyclic) bond motifs is 1. The Labute approximate surface area is 162 Å². The monoisotopic (exact) mass is 373 g/mol. The van der Waals surface area contributed by atoms with E-state index >= 15 is 0 Å². The lowest BCUT2D eigenvalue weighted by Gasteiger charge is -2.18. The van der Waals surface area contributed by atoms with E-state index in [0.717, 1.165) is 41.1 Å². The second kappa shape index (κ2) is 9.11. The number of ether oxygens (including phenoxy) is 1. The average molecular weight is 374 g/mol. The van der Waals surface area contributed by atoms with Crippen LogP contribution in [0.2, 0.25) is 0 Å². The Hall–Kier alpha value is -1.97. The van der Waals surface area contributed by atoms with E-state index in [2.05, 4.69) is 55.3 Å². The Bertz CT molecular complexity index is 842. The lowest BCUT2D eigenvalue weighted by atomic mass is 10.0. The minimum atomic E-state index is 0. The molecule has 1 aromatic heterocycles. The Morgan fingerprint density at radius 2 is 1.85 bits per heavy atom. The lowest BCUT2D eigenvalue weighted by Crippen LogP contribution is -2.19. The zero-order chi connectivity index (χ0) is 17.8. The summed E-state index contributed by atoms with van der Waals surface area (Å²) in [7, 11) is 3.90. The van der Waals surface area contributed by atoms with E-state index in [4.69, 9.17) is 9.15 Å². The number of aryl methyl sites for hydroxylation is 1. The molecular weight excluding hydrogens is 346 g/mol. The van der Waals surface area contributed by atoms with Crippen molar-refractivity contribution in [1.82, 2.24) is 4.90 Å². The maximum absolute atomic E-state index is 6.08. The van der Waals surface area contributed by atoms with Crippen LogP contribution in [-0.2, 0) is 6.54 Å². The third-order valence-corrected chi connectivity index (χ3v) is 4.66. The van der Waals surface area contributed by atoms with Gasteiger partial charge in [-0.2, -0.15) is 0 Å². The van der Waals surface area contributed by atoms with Gasteiger partial charge in [-0.15, -0.1) is 12.4 Å². The number of nitrogens with zero attached hydrogens (tertiary/aromatic N) is 1. The Morgan fingerprint density at radius 3 is 2.50 bits per heavy atom. The molecule has 0 saturated heterocycles. The second-order valence-electron chi connectivity index (χ2n) is 6.65. The molecule has 0 unspecified atom stereocenters. The van der Waals surface area contributed by atoms with Crippen molar-refractivity contribution in [2.45, 2.75) is 33.2 Å². The molecule has 0 spiro atoms. The first kappa shape index (κ1) is 20.3. The molecule has 0 amide bonds. The van der Waals surface area contributed by atoms with E-state index in [-0.39, 0.29) is 12.4 Å². The van der Waals surface area contributed by atoms with Crippen LogP contribution in [0.15, 0.2) is 46.9 Å². The molecule has 0 radical (unpaired) electrons. The Kier molecular flexibility index (Phi) is 7.13. The zero-order valence-corrected chi connectivity index (χ0v) is 16.9. The SMILES string of the molecule is CCCCN(C)Cc1cc2oc(C)c(-c3ccccc3)c2cc1OC.Cl. The van der Waals surface area contributed by atoms with Gasteiger partial charge in [-0.25, -0.2) is 0 Å². The fourth-order valence-electron chi connectivity index (χ4n) is 3.36. The van der Waals surface area contributed by atoms with Gasteiger partial charge in [0.2, 0.25) is 0 Å². The molecular formula is C22H28ClNO2. The molecule has 0 aliphatic rings. The van der Waals surface area contributed by atoms with Crippen LogP contribution in [-0.4, -0.2) is 25.6 Å². The van der Waals surface area contributed by atoms with Gasteiger partial charge in [0, 0.05) is 23.1 Å². The highest BCUT2D eigenvalue weighted by atomic mass is 35.5. The molecule has 1 heterocycles.